The highest BCUT2D eigenvalue weighted by Gasteiger charge is 2.44. The highest BCUT2D eigenvalue weighted by atomic mass is 16.6. The van der Waals surface area contributed by atoms with Gasteiger partial charge in [-0.3, -0.25) is 0 Å². The fourth-order valence-electron chi connectivity index (χ4n) is 4.41. The fraction of sp³-hybridized carbons (Fsp3) is 0.667. The first-order valence-corrected chi connectivity index (χ1v) is 9.50. The van der Waals surface area contributed by atoms with Crippen LogP contribution < -0.4 is 4.74 Å². The summed E-state index contributed by atoms with van der Waals surface area (Å²) in [4.78, 5) is 14.6. The Hall–Kier alpha value is -1.71. The van der Waals surface area contributed by atoms with E-state index in [1.807, 2.05) is 37.8 Å². The van der Waals surface area contributed by atoms with Crippen LogP contribution in [0.4, 0.5) is 4.79 Å². The monoisotopic (exact) mass is 345 g/mol. The zero-order chi connectivity index (χ0) is 18.0. The van der Waals surface area contributed by atoms with Crippen LogP contribution in [0.2, 0.25) is 0 Å². The Bertz CT molecular complexity index is 593. The number of rotatable bonds is 4. The normalized spacial score (nSPS) is 25.8. The molecular weight excluding hydrogens is 314 g/mol. The second-order valence-corrected chi connectivity index (χ2v) is 8.46. The van der Waals surface area contributed by atoms with Crippen molar-refractivity contribution in [3.8, 4) is 5.75 Å². The molecule has 1 aromatic carbocycles. The molecular formula is C21H31NO3. The number of amides is 1. The van der Waals surface area contributed by atoms with Gasteiger partial charge in [-0.2, -0.15) is 0 Å². The summed E-state index contributed by atoms with van der Waals surface area (Å²) >= 11 is 0. The van der Waals surface area contributed by atoms with Crippen molar-refractivity contribution < 1.29 is 14.3 Å². The van der Waals surface area contributed by atoms with Crippen LogP contribution in [0.3, 0.4) is 0 Å². The molecule has 0 N–H and O–H groups in total. The van der Waals surface area contributed by atoms with Gasteiger partial charge in [0.25, 0.3) is 0 Å². The zero-order valence-electron chi connectivity index (χ0n) is 16.0. The minimum absolute atomic E-state index is 0.122. The molecule has 0 saturated carbocycles. The van der Waals surface area contributed by atoms with E-state index in [2.05, 4.69) is 12.1 Å². The van der Waals surface area contributed by atoms with Crippen molar-refractivity contribution in [2.45, 2.75) is 77.0 Å². The number of carbonyl (C=O) groups excluding carboxylic acids is 1. The Morgan fingerprint density at radius 3 is 2.40 bits per heavy atom. The highest BCUT2D eigenvalue weighted by molar-refractivity contribution is 5.69. The van der Waals surface area contributed by atoms with Gasteiger partial charge in [0.15, 0.2) is 0 Å². The summed E-state index contributed by atoms with van der Waals surface area (Å²) in [5.74, 6) is 1.66. The van der Waals surface area contributed by atoms with Gasteiger partial charge >= 0.3 is 6.09 Å². The molecule has 2 bridgehead atoms. The molecule has 1 aromatic rings. The Labute approximate surface area is 151 Å². The van der Waals surface area contributed by atoms with Crippen LogP contribution in [0.15, 0.2) is 24.3 Å². The lowest BCUT2D eigenvalue weighted by molar-refractivity contribution is 0.00166. The molecule has 2 saturated heterocycles. The summed E-state index contributed by atoms with van der Waals surface area (Å²) in [6, 6.07) is 9.00. The van der Waals surface area contributed by atoms with Crippen molar-refractivity contribution in [3.63, 3.8) is 0 Å². The number of methoxy groups -OCH3 is 1. The van der Waals surface area contributed by atoms with Crippen molar-refractivity contribution in [3.05, 3.63) is 29.8 Å². The summed E-state index contributed by atoms with van der Waals surface area (Å²) in [7, 11) is 1.73. The van der Waals surface area contributed by atoms with Gasteiger partial charge in [0.2, 0.25) is 0 Å². The summed E-state index contributed by atoms with van der Waals surface area (Å²) < 4.78 is 11.1. The summed E-state index contributed by atoms with van der Waals surface area (Å²) in [6.45, 7) is 5.81. The van der Waals surface area contributed by atoms with Gasteiger partial charge in [0.05, 0.1) is 7.11 Å². The average Bonchev–Trinajstić information content (AvgIpc) is 2.83. The van der Waals surface area contributed by atoms with Gasteiger partial charge < -0.3 is 14.4 Å². The van der Waals surface area contributed by atoms with Gasteiger partial charge in [0.1, 0.15) is 11.4 Å². The first-order valence-electron chi connectivity index (χ1n) is 9.50. The lowest BCUT2D eigenvalue weighted by Crippen LogP contribution is -2.48. The van der Waals surface area contributed by atoms with Crippen LogP contribution in [-0.4, -0.2) is 35.8 Å². The SMILES string of the molecule is COc1ccccc1CC[C@H]1C[C@H]2CC[C@@H](C1)N2C(=O)OC(C)(C)C. The molecule has 4 heteroatoms. The number of para-hydroxylation sites is 1. The quantitative estimate of drug-likeness (QED) is 0.786. The second kappa shape index (κ2) is 7.27. The van der Waals surface area contributed by atoms with Crippen molar-refractivity contribution in [1.29, 1.82) is 0 Å². The van der Waals surface area contributed by atoms with E-state index in [1.54, 1.807) is 7.11 Å². The molecule has 0 aromatic heterocycles. The van der Waals surface area contributed by atoms with E-state index in [9.17, 15) is 4.79 Å². The molecule has 3 atom stereocenters. The van der Waals surface area contributed by atoms with E-state index in [0.29, 0.717) is 18.0 Å². The fourth-order valence-corrected chi connectivity index (χ4v) is 4.41. The van der Waals surface area contributed by atoms with E-state index in [1.165, 1.54) is 5.56 Å². The molecule has 3 rings (SSSR count). The number of ether oxygens (including phenoxy) is 2. The van der Waals surface area contributed by atoms with Gasteiger partial charge in [-0.05, 0) is 76.8 Å². The number of carbonyl (C=O) groups is 1. The molecule has 2 fully saturated rings. The molecule has 2 aliphatic heterocycles. The first-order chi connectivity index (χ1) is 11.9. The number of nitrogens with zero attached hydrogens (tertiary/aromatic N) is 1. The lowest BCUT2D eigenvalue weighted by atomic mass is 9.86. The molecule has 2 aliphatic rings. The maximum absolute atomic E-state index is 12.5. The van der Waals surface area contributed by atoms with Gasteiger partial charge in [-0.1, -0.05) is 18.2 Å². The van der Waals surface area contributed by atoms with Crippen molar-refractivity contribution in [2.75, 3.05) is 7.11 Å². The van der Waals surface area contributed by atoms with Gasteiger partial charge in [-0.25, -0.2) is 4.79 Å². The van der Waals surface area contributed by atoms with E-state index in [0.717, 1.165) is 44.3 Å². The third kappa shape index (κ3) is 4.28. The Morgan fingerprint density at radius 2 is 1.80 bits per heavy atom. The van der Waals surface area contributed by atoms with Crippen LogP contribution in [0.5, 0.6) is 5.75 Å². The van der Waals surface area contributed by atoms with E-state index in [4.69, 9.17) is 9.47 Å². The van der Waals surface area contributed by atoms with Gasteiger partial charge in [-0.15, -0.1) is 0 Å². The molecule has 0 spiro atoms. The maximum atomic E-state index is 12.5. The largest absolute Gasteiger partial charge is 0.496 e. The van der Waals surface area contributed by atoms with Crippen molar-refractivity contribution >= 4 is 6.09 Å². The summed E-state index contributed by atoms with van der Waals surface area (Å²) in [6.07, 6.45) is 6.53. The summed E-state index contributed by atoms with van der Waals surface area (Å²) in [5, 5.41) is 0. The molecule has 25 heavy (non-hydrogen) atoms. The lowest BCUT2D eigenvalue weighted by Gasteiger charge is -2.39. The minimum atomic E-state index is -0.419. The Morgan fingerprint density at radius 1 is 1.16 bits per heavy atom. The molecule has 0 unspecified atom stereocenters. The minimum Gasteiger partial charge on any atom is -0.496 e. The number of piperidine rings is 1. The number of hydrogen-bond acceptors (Lipinski definition) is 3. The number of fused-ring (bicyclic) bond motifs is 2. The zero-order valence-corrected chi connectivity index (χ0v) is 16.0. The number of aryl methyl sites for hydroxylation is 1. The topological polar surface area (TPSA) is 38.8 Å². The Kier molecular flexibility index (Phi) is 5.26. The summed E-state index contributed by atoms with van der Waals surface area (Å²) in [5.41, 5.74) is 0.865. The third-order valence-corrected chi connectivity index (χ3v) is 5.45. The number of hydrogen-bond donors (Lipinski definition) is 0. The van der Waals surface area contributed by atoms with Gasteiger partial charge in [0, 0.05) is 12.1 Å². The molecule has 2 heterocycles. The average molecular weight is 345 g/mol. The predicted octanol–water partition coefficient (Wildman–Crippen LogP) is 4.81. The van der Waals surface area contributed by atoms with Crippen LogP contribution in [0, 0.1) is 5.92 Å². The van der Waals surface area contributed by atoms with Crippen molar-refractivity contribution in [1.82, 2.24) is 4.90 Å². The smallest absolute Gasteiger partial charge is 0.410 e. The second-order valence-electron chi connectivity index (χ2n) is 8.46. The standard InChI is InChI=1S/C21H31NO3/c1-21(2,3)25-20(23)22-17-11-12-18(22)14-15(13-17)9-10-16-7-5-6-8-19(16)24-4/h5-8,15,17-18H,9-14H2,1-4H3/t15-,17+,18-. The molecule has 138 valence electrons. The molecule has 4 nitrogen and oxygen atoms in total. The first kappa shape index (κ1) is 18.1. The molecule has 1 amide bonds. The molecule has 0 aliphatic carbocycles. The van der Waals surface area contributed by atoms with Crippen LogP contribution in [-0.2, 0) is 11.2 Å². The van der Waals surface area contributed by atoms with E-state index in [-0.39, 0.29) is 6.09 Å². The maximum Gasteiger partial charge on any atom is 0.410 e. The number of benzene rings is 1. The molecule has 0 radical (unpaired) electrons. The van der Waals surface area contributed by atoms with E-state index < -0.39 is 5.60 Å². The van der Waals surface area contributed by atoms with Crippen LogP contribution >= 0.6 is 0 Å². The van der Waals surface area contributed by atoms with Crippen LogP contribution in [0.1, 0.15) is 58.4 Å². The predicted molar refractivity (Wildman–Crippen MR) is 98.9 cm³/mol. The Balaban J connectivity index is 1.58. The third-order valence-electron chi connectivity index (χ3n) is 5.45. The highest BCUT2D eigenvalue weighted by Crippen LogP contribution is 2.41. The van der Waals surface area contributed by atoms with Crippen molar-refractivity contribution in [2.24, 2.45) is 5.92 Å². The van der Waals surface area contributed by atoms with E-state index >= 15 is 0 Å². The van der Waals surface area contributed by atoms with Crippen LogP contribution in [0.25, 0.3) is 0 Å².